The molecule has 104 valence electrons. The lowest BCUT2D eigenvalue weighted by atomic mass is 10.4. The molecule has 0 amide bonds. The molecule has 0 saturated heterocycles. The van der Waals surface area contributed by atoms with E-state index in [1.807, 2.05) is 6.92 Å². The van der Waals surface area contributed by atoms with Gasteiger partial charge in [-0.3, -0.25) is 0 Å². The molecular weight excluding hydrogens is 278 g/mol. The average molecular weight is 297 g/mol. The Balaban J connectivity index is 2.39. The van der Waals surface area contributed by atoms with Crippen molar-refractivity contribution in [3.05, 3.63) is 10.9 Å². The van der Waals surface area contributed by atoms with Crippen LogP contribution >= 0.6 is 23.1 Å². The minimum absolute atomic E-state index is 0.136. The molecule has 2 heterocycles. The zero-order chi connectivity index (χ0) is 13.8. The van der Waals surface area contributed by atoms with Gasteiger partial charge in [-0.2, -0.15) is 0 Å². The van der Waals surface area contributed by atoms with Crippen LogP contribution in [0, 0.1) is 6.92 Å². The molecule has 2 aromatic rings. The number of hydrogen-bond donors (Lipinski definition) is 2. The molecule has 2 N–H and O–H groups in total. The molecule has 0 saturated carbocycles. The first-order valence-electron chi connectivity index (χ1n) is 6.43. The summed E-state index contributed by atoms with van der Waals surface area (Å²) in [5.74, 6) is 0.684. The highest BCUT2D eigenvalue weighted by molar-refractivity contribution is 8.00. The number of hydrogen-bond acceptors (Lipinski definition) is 6. The fraction of sp³-hybridized carbons (Fsp3) is 0.538. The smallest absolute Gasteiger partial charge is 0.225 e. The van der Waals surface area contributed by atoms with Gasteiger partial charge in [-0.25, -0.2) is 9.97 Å². The standard InChI is InChI=1S/C13H19N3OS2/c1-4-5-14-13-15-11-10(6-8(2)18-11)12(16-13)19-9(3)7-17/h6,9,17H,4-5,7H2,1-3H3,(H,14,15,16). The van der Waals surface area contributed by atoms with Crippen LogP contribution in [0.2, 0.25) is 0 Å². The fourth-order valence-electron chi connectivity index (χ4n) is 1.65. The van der Waals surface area contributed by atoms with E-state index in [1.54, 1.807) is 23.1 Å². The van der Waals surface area contributed by atoms with E-state index in [0.717, 1.165) is 28.2 Å². The predicted molar refractivity (Wildman–Crippen MR) is 83.3 cm³/mol. The van der Waals surface area contributed by atoms with Gasteiger partial charge < -0.3 is 10.4 Å². The Bertz CT molecular complexity index is 556. The number of aliphatic hydroxyl groups is 1. The van der Waals surface area contributed by atoms with Gasteiger partial charge in [0.25, 0.3) is 0 Å². The van der Waals surface area contributed by atoms with E-state index in [9.17, 15) is 5.11 Å². The Kier molecular flexibility index (Phi) is 5.01. The molecule has 0 aliphatic rings. The van der Waals surface area contributed by atoms with E-state index in [0.29, 0.717) is 5.95 Å². The second-order valence-electron chi connectivity index (χ2n) is 4.47. The van der Waals surface area contributed by atoms with E-state index >= 15 is 0 Å². The molecule has 0 fully saturated rings. The number of nitrogens with zero attached hydrogens (tertiary/aromatic N) is 2. The Morgan fingerprint density at radius 3 is 2.95 bits per heavy atom. The van der Waals surface area contributed by atoms with Crippen LogP contribution in [0.5, 0.6) is 0 Å². The Hall–Kier alpha value is -0.850. The van der Waals surface area contributed by atoms with Gasteiger partial charge in [-0.1, -0.05) is 13.8 Å². The third kappa shape index (κ3) is 3.58. The summed E-state index contributed by atoms with van der Waals surface area (Å²) in [6, 6.07) is 2.12. The first-order valence-corrected chi connectivity index (χ1v) is 8.13. The van der Waals surface area contributed by atoms with E-state index in [-0.39, 0.29) is 11.9 Å². The van der Waals surface area contributed by atoms with Crippen molar-refractivity contribution in [3.8, 4) is 0 Å². The van der Waals surface area contributed by atoms with Crippen LogP contribution < -0.4 is 5.32 Å². The molecule has 1 atom stereocenters. The summed E-state index contributed by atoms with van der Waals surface area (Å²) < 4.78 is 0. The van der Waals surface area contributed by atoms with Gasteiger partial charge >= 0.3 is 0 Å². The number of rotatable bonds is 6. The van der Waals surface area contributed by atoms with Crippen molar-refractivity contribution < 1.29 is 5.11 Å². The van der Waals surface area contributed by atoms with Crippen molar-refractivity contribution in [1.29, 1.82) is 0 Å². The fourth-order valence-corrected chi connectivity index (χ4v) is 3.47. The molecule has 0 aromatic carbocycles. The summed E-state index contributed by atoms with van der Waals surface area (Å²) in [4.78, 5) is 11.4. The largest absolute Gasteiger partial charge is 0.395 e. The summed E-state index contributed by atoms with van der Waals surface area (Å²) in [7, 11) is 0. The number of thiophene rings is 1. The van der Waals surface area contributed by atoms with Crippen molar-refractivity contribution in [2.24, 2.45) is 0 Å². The Morgan fingerprint density at radius 1 is 1.47 bits per heavy atom. The maximum absolute atomic E-state index is 9.21. The number of aliphatic hydroxyl groups excluding tert-OH is 1. The molecule has 6 heteroatoms. The molecule has 2 aromatic heterocycles. The van der Waals surface area contributed by atoms with Gasteiger partial charge in [0.2, 0.25) is 5.95 Å². The van der Waals surface area contributed by atoms with Crippen LogP contribution in [0.15, 0.2) is 11.1 Å². The van der Waals surface area contributed by atoms with Crippen LogP contribution in [0.3, 0.4) is 0 Å². The maximum Gasteiger partial charge on any atom is 0.225 e. The predicted octanol–water partition coefficient (Wildman–Crippen LogP) is 3.29. The van der Waals surface area contributed by atoms with Crippen molar-refractivity contribution in [2.45, 2.75) is 37.5 Å². The highest BCUT2D eigenvalue weighted by Gasteiger charge is 2.13. The third-order valence-electron chi connectivity index (χ3n) is 2.58. The highest BCUT2D eigenvalue weighted by Crippen LogP contribution is 2.33. The van der Waals surface area contributed by atoms with Crippen molar-refractivity contribution in [3.63, 3.8) is 0 Å². The zero-order valence-corrected chi connectivity index (χ0v) is 13.1. The minimum atomic E-state index is 0.136. The second-order valence-corrected chi connectivity index (χ2v) is 7.13. The highest BCUT2D eigenvalue weighted by atomic mass is 32.2. The molecule has 0 spiro atoms. The maximum atomic E-state index is 9.21. The lowest BCUT2D eigenvalue weighted by molar-refractivity contribution is 0.300. The number of thioether (sulfide) groups is 1. The van der Waals surface area contributed by atoms with Crippen LogP contribution in [0.25, 0.3) is 10.2 Å². The average Bonchev–Trinajstić information content (AvgIpc) is 2.76. The minimum Gasteiger partial charge on any atom is -0.395 e. The van der Waals surface area contributed by atoms with E-state index in [2.05, 4.69) is 35.2 Å². The summed E-state index contributed by atoms with van der Waals surface area (Å²) in [5, 5.41) is 14.6. The molecule has 0 bridgehead atoms. The number of aryl methyl sites for hydroxylation is 1. The summed E-state index contributed by atoms with van der Waals surface area (Å²) in [6.07, 6.45) is 1.04. The quantitative estimate of drug-likeness (QED) is 0.633. The first kappa shape index (κ1) is 14.6. The van der Waals surface area contributed by atoms with Gasteiger partial charge in [-0.05, 0) is 19.4 Å². The second kappa shape index (κ2) is 6.54. The third-order valence-corrected chi connectivity index (χ3v) is 4.61. The number of anilines is 1. The van der Waals surface area contributed by atoms with E-state index in [4.69, 9.17) is 0 Å². The van der Waals surface area contributed by atoms with Crippen LogP contribution in [0.4, 0.5) is 5.95 Å². The Labute approximate surface area is 121 Å². The van der Waals surface area contributed by atoms with Gasteiger partial charge in [0.1, 0.15) is 9.86 Å². The van der Waals surface area contributed by atoms with Gasteiger partial charge in [0.05, 0.1) is 6.61 Å². The molecule has 1 unspecified atom stereocenters. The van der Waals surface area contributed by atoms with Crippen molar-refractivity contribution in [1.82, 2.24) is 9.97 Å². The van der Waals surface area contributed by atoms with E-state index in [1.165, 1.54) is 4.88 Å². The topological polar surface area (TPSA) is 58.0 Å². The lowest BCUT2D eigenvalue weighted by Crippen LogP contribution is -2.06. The van der Waals surface area contributed by atoms with Crippen LogP contribution in [-0.4, -0.2) is 33.5 Å². The molecule has 2 rings (SSSR count). The van der Waals surface area contributed by atoms with Crippen molar-refractivity contribution >= 4 is 39.3 Å². The SMILES string of the molecule is CCCNc1nc(SC(C)CO)c2cc(C)sc2n1. The zero-order valence-electron chi connectivity index (χ0n) is 11.4. The normalized spacial score (nSPS) is 12.8. The van der Waals surface area contributed by atoms with Gasteiger partial charge in [-0.15, -0.1) is 23.1 Å². The summed E-state index contributed by atoms with van der Waals surface area (Å²) in [6.45, 7) is 7.21. The molecule has 0 aliphatic carbocycles. The molecule has 0 aliphatic heterocycles. The molecule has 4 nitrogen and oxygen atoms in total. The molecular formula is C13H19N3OS2. The number of aromatic nitrogens is 2. The summed E-state index contributed by atoms with van der Waals surface area (Å²) in [5.41, 5.74) is 0. The van der Waals surface area contributed by atoms with Crippen molar-refractivity contribution in [2.75, 3.05) is 18.5 Å². The van der Waals surface area contributed by atoms with Gasteiger partial charge in [0.15, 0.2) is 0 Å². The monoisotopic (exact) mass is 297 g/mol. The van der Waals surface area contributed by atoms with E-state index < -0.39 is 0 Å². The Morgan fingerprint density at radius 2 is 2.26 bits per heavy atom. The first-order chi connectivity index (χ1) is 9.13. The van der Waals surface area contributed by atoms with Crippen LogP contribution in [-0.2, 0) is 0 Å². The number of nitrogens with one attached hydrogen (secondary N) is 1. The lowest BCUT2D eigenvalue weighted by Gasteiger charge is -2.10. The molecule has 19 heavy (non-hydrogen) atoms. The molecule has 0 radical (unpaired) electrons. The van der Waals surface area contributed by atoms with Gasteiger partial charge in [0, 0.05) is 22.1 Å². The summed E-state index contributed by atoms with van der Waals surface area (Å²) >= 11 is 3.28. The number of fused-ring (bicyclic) bond motifs is 1. The van der Waals surface area contributed by atoms with Crippen LogP contribution in [0.1, 0.15) is 25.1 Å².